The van der Waals surface area contributed by atoms with Gasteiger partial charge in [0.25, 0.3) is 0 Å². The van der Waals surface area contributed by atoms with Gasteiger partial charge in [-0.05, 0) is 12.1 Å². The minimum absolute atomic E-state index is 0.750. The minimum atomic E-state index is 0.750. The number of furan rings is 1. The molecule has 1 aromatic heterocycles. The number of hydrogen-bond donors (Lipinski definition) is 2. The van der Waals surface area contributed by atoms with Gasteiger partial charge in [0.1, 0.15) is 11.2 Å². The van der Waals surface area contributed by atoms with Crippen molar-refractivity contribution in [3.63, 3.8) is 0 Å². The monoisotopic (exact) mass is 254 g/mol. The van der Waals surface area contributed by atoms with Gasteiger partial charge in [0.2, 0.25) is 12.2 Å². The maximum atomic E-state index is 8.35. The molecule has 94 valence electrons. The van der Waals surface area contributed by atoms with Crippen molar-refractivity contribution in [1.82, 2.24) is 0 Å². The number of rotatable bonds is 0. The zero-order valence-electron chi connectivity index (χ0n) is 9.84. The summed E-state index contributed by atoms with van der Waals surface area (Å²) in [4.78, 5) is 16.7. The summed E-state index contributed by atoms with van der Waals surface area (Å²) in [5.41, 5.74) is 1.92. The largest absolute Gasteiger partial charge is 0.456 e. The van der Waals surface area contributed by atoms with Gasteiger partial charge in [-0.15, -0.1) is 0 Å². The van der Waals surface area contributed by atoms with Crippen molar-refractivity contribution >= 4 is 34.1 Å². The molecule has 3 rings (SSSR count). The van der Waals surface area contributed by atoms with Crippen molar-refractivity contribution in [2.75, 3.05) is 0 Å². The van der Waals surface area contributed by atoms with E-state index in [1.54, 1.807) is 0 Å². The van der Waals surface area contributed by atoms with E-state index < -0.39 is 0 Å². The summed E-state index contributed by atoms with van der Waals surface area (Å²) in [6.45, 7) is 0. The molecule has 0 fully saturated rings. The molecule has 5 nitrogen and oxygen atoms in total. The topological polar surface area (TPSA) is 95.0 Å². The Bertz CT molecular complexity index is 672. The highest BCUT2D eigenvalue weighted by molar-refractivity contribution is 6.04. The highest BCUT2D eigenvalue weighted by Gasteiger charge is 2.03. The van der Waals surface area contributed by atoms with E-state index in [4.69, 9.17) is 24.8 Å². The minimum Gasteiger partial charge on any atom is -0.456 e. The van der Waals surface area contributed by atoms with Crippen molar-refractivity contribution in [1.29, 1.82) is 10.8 Å². The third-order valence-electron chi connectivity index (χ3n) is 2.28. The first kappa shape index (κ1) is 14.1. The normalized spacial score (nSPS) is 8.42. The number of hydrogen-bond acceptors (Lipinski definition) is 5. The van der Waals surface area contributed by atoms with Crippen molar-refractivity contribution in [2.45, 2.75) is 0 Å². The lowest BCUT2D eigenvalue weighted by Gasteiger charge is -1.85. The fourth-order valence-electron chi connectivity index (χ4n) is 1.67. The third kappa shape index (κ3) is 3.48. The van der Waals surface area contributed by atoms with Crippen LogP contribution in [0.2, 0.25) is 0 Å². The molecule has 5 heteroatoms. The fraction of sp³-hybridized carbons (Fsp3) is 0. The fourth-order valence-corrected chi connectivity index (χ4v) is 1.67. The van der Waals surface area contributed by atoms with Crippen molar-refractivity contribution in [2.24, 2.45) is 0 Å². The third-order valence-corrected chi connectivity index (χ3v) is 2.28. The van der Waals surface area contributed by atoms with Crippen molar-refractivity contribution < 1.29 is 14.0 Å². The Hall–Kier alpha value is -3.00. The number of isocyanates is 2. The van der Waals surface area contributed by atoms with E-state index in [2.05, 4.69) is 12.1 Å². The van der Waals surface area contributed by atoms with Gasteiger partial charge >= 0.3 is 0 Å². The molecule has 0 aliphatic carbocycles. The Labute approximate surface area is 108 Å². The number of fused-ring (bicyclic) bond motifs is 3. The quantitative estimate of drug-likeness (QED) is 0.475. The molecule has 2 N–H and O–H groups in total. The second-order valence-electron chi connectivity index (χ2n) is 3.30. The first-order chi connectivity index (χ1) is 9.28. The molecule has 19 heavy (non-hydrogen) atoms. The molecule has 0 saturated carbocycles. The molecule has 0 bridgehead atoms. The number of benzene rings is 2. The Kier molecular flexibility index (Phi) is 5.44. The van der Waals surface area contributed by atoms with Crippen LogP contribution in [0, 0.1) is 10.8 Å². The van der Waals surface area contributed by atoms with Crippen molar-refractivity contribution in [3.8, 4) is 0 Å². The Morgan fingerprint density at radius 2 is 1.05 bits per heavy atom. The molecular weight excluding hydrogens is 244 g/mol. The number of nitrogens with one attached hydrogen (secondary N) is 2. The van der Waals surface area contributed by atoms with Crippen LogP contribution in [0.3, 0.4) is 0 Å². The molecule has 0 aliphatic heterocycles. The second-order valence-corrected chi connectivity index (χ2v) is 3.30. The molecule has 0 radical (unpaired) electrons. The van der Waals surface area contributed by atoms with Gasteiger partial charge in [-0.1, -0.05) is 36.4 Å². The summed E-state index contributed by atoms with van der Waals surface area (Å²) >= 11 is 0. The Morgan fingerprint density at radius 1 is 0.737 bits per heavy atom. The summed E-state index contributed by atoms with van der Waals surface area (Å²) in [5, 5.41) is 13.2. The first-order valence-electron chi connectivity index (χ1n) is 5.22. The summed E-state index contributed by atoms with van der Waals surface area (Å²) in [6, 6.07) is 16.2. The summed E-state index contributed by atoms with van der Waals surface area (Å²) in [5.74, 6) is 0. The molecule has 0 saturated heterocycles. The van der Waals surface area contributed by atoms with Crippen LogP contribution in [0.15, 0.2) is 52.9 Å². The highest BCUT2D eigenvalue weighted by Crippen LogP contribution is 2.27. The van der Waals surface area contributed by atoms with Gasteiger partial charge in [-0.25, -0.2) is 20.4 Å². The van der Waals surface area contributed by atoms with E-state index in [0.717, 1.165) is 23.3 Å². The zero-order valence-corrected chi connectivity index (χ0v) is 9.84. The predicted octanol–water partition coefficient (Wildman–Crippen LogP) is 3.39. The second kappa shape index (κ2) is 7.35. The molecular formula is C14H10N2O3. The average Bonchev–Trinajstić information content (AvgIpc) is 2.79. The summed E-state index contributed by atoms with van der Waals surface area (Å²) in [6.07, 6.45) is 1.50. The Morgan fingerprint density at radius 3 is 1.42 bits per heavy atom. The van der Waals surface area contributed by atoms with E-state index in [0.29, 0.717) is 0 Å². The zero-order chi connectivity index (χ0) is 14.1. The van der Waals surface area contributed by atoms with Crippen LogP contribution in [0.25, 0.3) is 21.9 Å². The van der Waals surface area contributed by atoms with Gasteiger partial charge in [-0.2, -0.15) is 0 Å². The number of carbonyl (C=O) groups excluding carboxylic acids is 2. The molecule has 0 aliphatic rings. The smallest absolute Gasteiger partial charge is 0.231 e. The SMILES string of the molecule is N=C=O.N=C=O.c1ccc2c(c1)oc1ccccc12. The first-order valence-corrected chi connectivity index (χ1v) is 5.22. The van der Waals surface area contributed by atoms with Gasteiger partial charge < -0.3 is 4.42 Å². The van der Waals surface area contributed by atoms with Gasteiger partial charge in [0.15, 0.2) is 0 Å². The summed E-state index contributed by atoms with van der Waals surface area (Å²) < 4.78 is 5.65. The molecule has 0 atom stereocenters. The molecule has 0 spiro atoms. The van der Waals surface area contributed by atoms with Crippen LogP contribution >= 0.6 is 0 Å². The lowest BCUT2D eigenvalue weighted by atomic mass is 10.2. The molecule has 2 aromatic carbocycles. The maximum absolute atomic E-state index is 8.35. The van der Waals surface area contributed by atoms with Crippen LogP contribution in [-0.2, 0) is 9.59 Å². The van der Waals surface area contributed by atoms with Gasteiger partial charge in [0, 0.05) is 10.8 Å². The van der Waals surface area contributed by atoms with E-state index in [9.17, 15) is 0 Å². The lowest BCUT2D eigenvalue weighted by Crippen LogP contribution is -1.62. The van der Waals surface area contributed by atoms with Crippen LogP contribution in [-0.4, -0.2) is 12.2 Å². The molecule has 1 heterocycles. The standard InChI is InChI=1S/C12H8O.2CHNO/c1-3-7-11-9(5-1)10-6-2-4-8-12(10)13-11;2*2-1-3/h1-8H;2*2H. The van der Waals surface area contributed by atoms with Crippen LogP contribution in [0.1, 0.15) is 0 Å². The highest BCUT2D eigenvalue weighted by atomic mass is 16.3. The molecule has 3 aromatic rings. The van der Waals surface area contributed by atoms with E-state index in [1.165, 1.54) is 10.8 Å². The molecule has 0 amide bonds. The lowest BCUT2D eigenvalue weighted by molar-refractivity contribution is 0.562. The predicted molar refractivity (Wildman–Crippen MR) is 70.5 cm³/mol. The number of para-hydroxylation sites is 2. The van der Waals surface area contributed by atoms with Crippen LogP contribution in [0.4, 0.5) is 0 Å². The average molecular weight is 254 g/mol. The van der Waals surface area contributed by atoms with E-state index in [-0.39, 0.29) is 0 Å². The molecule has 0 unspecified atom stereocenters. The van der Waals surface area contributed by atoms with Gasteiger partial charge in [0.05, 0.1) is 0 Å². The van der Waals surface area contributed by atoms with E-state index >= 15 is 0 Å². The van der Waals surface area contributed by atoms with E-state index in [1.807, 2.05) is 36.4 Å². The Balaban J connectivity index is 0.000000261. The maximum Gasteiger partial charge on any atom is 0.231 e. The van der Waals surface area contributed by atoms with Crippen LogP contribution < -0.4 is 0 Å². The van der Waals surface area contributed by atoms with Crippen LogP contribution in [0.5, 0.6) is 0 Å². The summed E-state index contributed by atoms with van der Waals surface area (Å²) in [7, 11) is 0. The van der Waals surface area contributed by atoms with Crippen molar-refractivity contribution in [3.05, 3.63) is 48.5 Å². The van der Waals surface area contributed by atoms with Gasteiger partial charge in [-0.3, -0.25) is 0 Å².